The fourth-order valence-electron chi connectivity index (χ4n) is 2.81. The molecule has 27 heavy (non-hydrogen) atoms. The van der Waals surface area contributed by atoms with Crippen LogP contribution in [-0.2, 0) is 5.41 Å². The Bertz CT molecular complexity index is 983. The number of hydrogen-bond donors (Lipinski definition) is 1. The van der Waals surface area contributed by atoms with Gasteiger partial charge in [-0.25, -0.2) is 4.98 Å². The Hall–Kier alpha value is -3.14. The molecule has 138 valence electrons. The fourth-order valence-corrected chi connectivity index (χ4v) is 2.81. The molecular formula is C23H24N2O2. The molecule has 0 aliphatic rings. The van der Waals surface area contributed by atoms with Crippen molar-refractivity contribution in [2.24, 2.45) is 0 Å². The van der Waals surface area contributed by atoms with Gasteiger partial charge in [-0.1, -0.05) is 57.2 Å². The molecule has 1 amide bonds. The van der Waals surface area contributed by atoms with Crippen LogP contribution >= 0.6 is 0 Å². The first-order valence-electron chi connectivity index (χ1n) is 8.90. The van der Waals surface area contributed by atoms with E-state index in [0.29, 0.717) is 11.4 Å². The predicted octanol–water partition coefficient (Wildman–Crippen LogP) is 4.94. The average Bonchev–Trinajstić information content (AvgIpc) is 2.66. The van der Waals surface area contributed by atoms with Crippen molar-refractivity contribution in [3.05, 3.63) is 77.6 Å². The van der Waals surface area contributed by atoms with Crippen LogP contribution in [0.15, 0.2) is 60.8 Å². The van der Waals surface area contributed by atoms with Crippen LogP contribution in [0.2, 0.25) is 0 Å². The summed E-state index contributed by atoms with van der Waals surface area (Å²) in [6, 6.07) is 17.5. The molecule has 4 heteroatoms. The standard InChI is InChI=1S/C23H24N2O2/c1-23(2,3)17-11-9-16(10-12-17)13-14-24-22(26)20-15-21(27-4)18-7-5-6-8-19(18)25-20/h5-15H,1-4H3,(H,24,26)/b14-13+. The lowest BCUT2D eigenvalue weighted by Gasteiger charge is -2.18. The SMILES string of the molecule is COc1cc(C(=O)N/C=C/c2ccc(C(C)(C)C)cc2)nc2ccccc12. The van der Waals surface area contributed by atoms with Crippen LogP contribution in [0.25, 0.3) is 17.0 Å². The summed E-state index contributed by atoms with van der Waals surface area (Å²) in [5.74, 6) is 0.356. The zero-order valence-corrected chi connectivity index (χ0v) is 16.1. The third kappa shape index (κ3) is 4.34. The van der Waals surface area contributed by atoms with E-state index in [2.05, 4.69) is 43.2 Å². The van der Waals surface area contributed by atoms with Gasteiger partial charge in [0.25, 0.3) is 5.91 Å². The number of hydrogen-bond acceptors (Lipinski definition) is 3. The summed E-state index contributed by atoms with van der Waals surface area (Å²) in [4.78, 5) is 16.9. The predicted molar refractivity (Wildman–Crippen MR) is 110 cm³/mol. The number of nitrogens with zero attached hydrogens (tertiary/aromatic N) is 1. The summed E-state index contributed by atoms with van der Waals surface area (Å²) in [5.41, 5.74) is 3.46. The molecular weight excluding hydrogens is 336 g/mol. The van der Waals surface area contributed by atoms with Crippen molar-refractivity contribution in [1.29, 1.82) is 0 Å². The van der Waals surface area contributed by atoms with Gasteiger partial charge in [0.15, 0.2) is 0 Å². The minimum atomic E-state index is -0.276. The number of amides is 1. The first-order chi connectivity index (χ1) is 12.9. The van der Waals surface area contributed by atoms with Gasteiger partial charge in [0.05, 0.1) is 12.6 Å². The Kier molecular flexibility index (Phi) is 5.26. The summed E-state index contributed by atoms with van der Waals surface area (Å²) >= 11 is 0. The lowest BCUT2D eigenvalue weighted by atomic mass is 9.87. The average molecular weight is 360 g/mol. The van der Waals surface area contributed by atoms with Crippen molar-refractivity contribution in [2.75, 3.05) is 7.11 Å². The van der Waals surface area contributed by atoms with Crippen LogP contribution in [0.4, 0.5) is 0 Å². The van der Waals surface area contributed by atoms with E-state index in [0.717, 1.165) is 16.5 Å². The van der Waals surface area contributed by atoms with Crippen LogP contribution in [0.1, 0.15) is 42.4 Å². The number of benzene rings is 2. The number of pyridine rings is 1. The monoisotopic (exact) mass is 360 g/mol. The fraction of sp³-hybridized carbons (Fsp3) is 0.217. The number of carbonyl (C=O) groups is 1. The third-order valence-corrected chi connectivity index (χ3v) is 4.40. The highest BCUT2D eigenvalue weighted by Gasteiger charge is 2.13. The molecule has 0 saturated heterocycles. The van der Waals surface area contributed by atoms with Gasteiger partial charge in [-0.3, -0.25) is 4.79 Å². The molecule has 1 heterocycles. The second-order valence-corrected chi connectivity index (χ2v) is 7.41. The van der Waals surface area contributed by atoms with E-state index >= 15 is 0 Å². The number of methoxy groups -OCH3 is 1. The van der Waals surface area contributed by atoms with E-state index in [-0.39, 0.29) is 11.3 Å². The third-order valence-electron chi connectivity index (χ3n) is 4.40. The number of ether oxygens (including phenoxy) is 1. The molecule has 0 spiro atoms. The first-order valence-corrected chi connectivity index (χ1v) is 8.90. The van der Waals surface area contributed by atoms with Gasteiger partial charge >= 0.3 is 0 Å². The Morgan fingerprint density at radius 1 is 1.07 bits per heavy atom. The van der Waals surface area contributed by atoms with Gasteiger partial charge in [0, 0.05) is 17.7 Å². The summed E-state index contributed by atoms with van der Waals surface area (Å²) in [6.45, 7) is 6.55. The Morgan fingerprint density at radius 3 is 2.44 bits per heavy atom. The first kappa shape index (κ1) is 18.6. The minimum absolute atomic E-state index is 0.122. The number of para-hydroxylation sites is 1. The molecule has 0 fully saturated rings. The van der Waals surface area contributed by atoms with E-state index in [9.17, 15) is 4.79 Å². The van der Waals surface area contributed by atoms with Crippen LogP contribution < -0.4 is 10.1 Å². The van der Waals surface area contributed by atoms with Crippen molar-refractivity contribution < 1.29 is 9.53 Å². The minimum Gasteiger partial charge on any atom is -0.496 e. The molecule has 0 radical (unpaired) electrons. The maximum Gasteiger partial charge on any atom is 0.273 e. The molecule has 0 bridgehead atoms. The Labute approximate surface area is 159 Å². The highest BCUT2D eigenvalue weighted by Crippen LogP contribution is 2.25. The number of aromatic nitrogens is 1. The van der Waals surface area contributed by atoms with Crippen LogP contribution in [0, 0.1) is 0 Å². The summed E-state index contributed by atoms with van der Waals surface area (Å²) in [6.07, 6.45) is 3.50. The van der Waals surface area contributed by atoms with Crippen molar-refractivity contribution in [2.45, 2.75) is 26.2 Å². The molecule has 4 nitrogen and oxygen atoms in total. The van der Waals surface area contributed by atoms with Crippen LogP contribution in [0.5, 0.6) is 5.75 Å². The maximum atomic E-state index is 12.5. The van der Waals surface area contributed by atoms with E-state index in [1.807, 2.05) is 42.5 Å². The van der Waals surface area contributed by atoms with E-state index in [1.54, 1.807) is 19.4 Å². The van der Waals surface area contributed by atoms with Crippen molar-refractivity contribution in [3.8, 4) is 5.75 Å². The molecule has 0 saturated carbocycles. The number of rotatable bonds is 4. The van der Waals surface area contributed by atoms with Gasteiger partial charge in [-0.15, -0.1) is 0 Å². The zero-order chi connectivity index (χ0) is 19.4. The van der Waals surface area contributed by atoms with Gasteiger partial charge < -0.3 is 10.1 Å². The smallest absolute Gasteiger partial charge is 0.273 e. The Morgan fingerprint density at radius 2 is 1.78 bits per heavy atom. The van der Waals surface area contributed by atoms with E-state index in [4.69, 9.17) is 4.74 Å². The van der Waals surface area contributed by atoms with E-state index < -0.39 is 0 Å². The van der Waals surface area contributed by atoms with Crippen LogP contribution in [0.3, 0.4) is 0 Å². The maximum absolute atomic E-state index is 12.5. The highest BCUT2D eigenvalue weighted by atomic mass is 16.5. The van der Waals surface area contributed by atoms with Gasteiger partial charge in [0.1, 0.15) is 11.4 Å². The normalized spacial score (nSPS) is 11.7. The molecule has 0 aliphatic carbocycles. The largest absolute Gasteiger partial charge is 0.496 e. The molecule has 0 atom stereocenters. The highest BCUT2D eigenvalue weighted by molar-refractivity contribution is 5.97. The lowest BCUT2D eigenvalue weighted by Crippen LogP contribution is -2.18. The molecule has 0 aliphatic heterocycles. The second-order valence-electron chi connectivity index (χ2n) is 7.41. The summed E-state index contributed by atoms with van der Waals surface area (Å²) in [5, 5.41) is 3.65. The summed E-state index contributed by atoms with van der Waals surface area (Å²) in [7, 11) is 1.59. The quantitative estimate of drug-likeness (QED) is 0.717. The molecule has 2 aromatic carbocycles. The van der Waals surface area contributed by atoms with Crippen molar-refractivity contribution in [3.63, 3.8) is 0 Å². The van der Waals surface area contributed by atoms with Crippen molar-refractivity contribution in [1.82, 2.24) is 10.3 Å². The topological polar surface area (TPSA) is 51.2 Å². The number of nitrogens with one attached hydrogen (secondary N) is 1. The molecule has 3 aromatic rings. The van der Waals surface area contributed by atoms with E-state index in [1.165, 1.54) is 5.56 Å². The molecule has 1 aromatic heterocycles. The molecule has 0 unspecified atom stereocenters. The molecule has 3 rings (SSSR count). The van der Waals surface area contributed by atoms with Crippen molar-refractivity contribution >= 4 is 22.9 Å². The number of fused-ring (bicyclic) bond motifs is 1. The van der Waals surface area contributed by atoms with Gasteiger partial charge in [0.2, 0.25) is 0 Å². The zero-order valence-electron chi connectivity index (χ0n) is 16.1. The van der Waals surface area contributed by atoms with Gasteiger partial charge in [-0.2, -0.15) is 0 Å². The van der Waals surface area contributed by atoms with Gasteiger partial charge in [-0.05, 0) is 34.8 Å². The lowest BCUT2D eigenvalue weighted by molar-refractivity contribution is 0.0965. The molecule has 1 N–H and O–H groups in total. The number of carbonyl (C=O) groups excluding carboxylic acids is 1. The summed E-state index contributed by atoms with van der Waals surface area (Å²) < 4.78 is 5.39. The van der Waals surface area contributed by atoms with Crippen LogP contribution in [-0.4, -0.2) is 18.0 Å². The second kappa shape index (κ2) is 7.62. The Balaban J connectivity index is 1.74.